The van der Waals surface area contributed by atoms with Gasteiger partial charge >= 0.3 is 0 Å². The van der Waals surface area contributed by atoms with Crippen LogP contribution in [0.2, 0.25) is 0 Å². The quantitative estimate of drug-likeness (QED) is 0.746. The van der Waals surface area contributed by atoms with Gasteiger partial charge in [-0.2, -0.15) is 5.26 Å². The van der Waals surface area contributed by atoms with Gasteiger partial charge in [0.15, 0.2) is 0 Å². The van der Waals surface area contributed by atoms with Gasteiger partial charge in [0.25, 0.3) is 0 Å². The molecule has 3 rings (SSSR count). The molecule has 0 spiro atoms. The number of hydrogen-bond acceptors (Lipinski definition) is 3. The smallest absolute Gasteiger partial charge is 0.243 e. The van der Waals surface area contributed by atoms with Gasteiger partial charge < -0.3 is 10.0 Å². The summed E-state index contributed by atoms with van der Waals surface area (Å²) in [4.78, 5) is 14.7. The minimum absolute atomic E-state index is 0.0449. The SMILES string of the molecule is N#CC1(C(=O)N2CC3CCC(O)C3C2)CCCCCC1. The number of carbonyl (C=O) groups excluding carboxylic acids is 1. The molecule has 4 nitrogen and oxygen atoms in total. The van der Waals surface area contributed by atoms with E-state index in [1.54, 1.807) is 0 Å². The third-order valence-corrected chi connectivity index (χ3v) is 5.69. The maximum absolute atomic E-state index is 12.9. The van der Waals surface area contributed by atoms with Crippen LogP contribution in [0.1, 0.15) is 51.4 Å². The fourth-order valence-electron chi connectivity index (χ4n) is 4.41. The number of aliphatic hydroxyl groups is 1. The van der Waals surface area contributed by atoms with E-state index < -0.39 is 5.41 Å². The lowest BCUT2D eigenvalue weighted by molar-refractivity contribution is -0.139. The van der Waals surface area contributed by atoms with Gasteiger partial charge in [-0.3, -0.25) is 4.79 Å². The van der Waals surface area contributed by atoms with Crippen LogP contribution >= 0.6 is 0 Å². The zero-order chi connectivity index (χ0) is 14.2. The van der Waals surface area contributed by atoms with Crippen LogP contribution in [0.3, 0.4) is 0 Å². The minimum Gasteiger partial charge on any atom is -0.393 e. The normalized spacial score (nSPS) is 36.2. The van der Waals surface area contributed by atoms with E-state index >= 15 is 0 Å². The Morgan fingerprint density at radius 3 is 2.45 bits per heavy atom. The van der Waals surface area contributed by atoms with Gasteiger partial charge in [0, 0.05) is 19.0 Å². The van der Waals surface area contributed by atoms with E-state index in [9.17, 15) is 15.2 Å². The van der Waals surface area contributed by atoms with E-state index in [1.807, 2.05) is 4.90 Å². The Hall–Kier alpha value is -1.08. The van der Waals surface area contributed by atoms with Gasteiger partial charge in [0.1, 0.15) is 5.41 Å². The Bertz CT molecular complexity index is 421. The number of rotatable bonds is 1. The molecule has 3 unspecified atom stereocenters. The van der Waals surface area contributed by atoms with Crippen molar-refractivity contribution >= 4 is 5.91 Å². The molecular weight excluding hydrogens is 252 g/mol. The van der Waals surface area contributed by atoms with Crippen LogP contribution in [-0.4, -0.2) is 35.1 Å². The maximum atomic E-state index is 12.9. The highest BCUT2D eigenvalue weighted by molar-refractivity contribution is 5.85. The Morgan fingerprint density at radius 2 is 1.85 bits per heavy atom. The summed E-state index contributed by atoms with van der Waals surface area (Å²) in [6.45, 7) is 1.41. The topological polar surface area (TPSA) is 64.3 Å². The van der Waals surface area contributed by atoms with Crippen LogP contribution in [0.25, 0.3) is 0 Å². The monoisotopic (exact) mass is 276 g/mol. The van der Waals surface area contributed by atoms with Crippen molar-refractivity contribution in [1.29, 1.82) is 5.26 Å². The molecule has 1 N–H and O–H groups in total. The van der Waals surface area contributed by atoms with E-state index in [0.717, 1.165) is 57.9 Å². The Morgan fingerprint density at radius 1 is 1.15 bits per heavy atom. The Balaban J connectivity index is 1.73. The predicted molar refractivity (Wildman–Crippen MR) is 74.5 cm³/mol. The summed E-state index contributed by atoms with van der Waals surface area (Å²) in [6, 6.07) is 2.36. The van der Waals surface area contributed by atoms with Gasteiger partial charge in [-0.05, 0) is 31.6 Å². The van der Waals surface area contributed by atoms with Gasteiger partial charge in [-0.15, -0.1) is 0 Å². The average molecular weight is 276 g/mol. The van der Waals surface area contributed by atoms with Gasteiger partial charge in [0.05, 0.1) is 12.2 Å². The summed E-state index contributed by atoms with van der Waals surface area (Å²) in [5.74, 6) is 0.749. The first-order valence-corrected chi connectivity index (χ1v) is 8.05. The number of carbonyl (C=O) groups is 1. The van der Waals surface area contributed by atoms with Crippen molar-refractivity contribution in [2.45, 2.75) is 57.5 Å². The lowest BCUT2D eigenvalue weighted by atomic mass is 9.80. The Labute approximate surface area is 120 Å². The highest BCUT2D eigenvalue weighted by Crippen LogP contribution is 2.42. The lowest BCUT2D eigenvalue weighted by Crippen LogP contribution is -2.43. The van der Waals surface area contributed by atoms with Crippen molar-refractivity contribution in [2.24, 2.45) is 17.3 Å². The summed E-state index contributed by atoms with van der Waals surface area (Å²) in [6.07, 6.45) is 7.35. The molecule has 3 fully saturated rings. The molecule has 110 valence electrons. The van der Waals surface area contributed by atoms with Crippen molar-refractivity contribution in [3.63, 3.8) is 0 Å². The minimum atomic E-state index is -0.778. The molecule has 20 heavy (non-hydrogen) atoms. The number of nitriles is 1. The lowest BCUT2D eigenvalue weighted by Gasteiger charge is -2.30. The number of amides is 1. The molecule has 0 aromatic heterocycles. The van der Waals surface area contributed by atoms with Crippen LogP contribution < -0.4 is 0 Å². The highest BCUT2D eigenvalue weighted by Gasteiger charge is 2.48. The molecular formula is C16H24N2O2. The van der Waals surface area contributed by atoms with Crippen molar-refractivity contribution in [3.05, 3.63) is 0 Å². The highest BCUT2D eigenvalue weighted by atomic mass is 16.3. The first-order chi connectivity index (χ1) is 9.66. The third kappa shape index (κ3) is 2.22. The van der Waals surface area contributed by atoms with E-state index in [2.05, 4.69) is 6.07 Å². The first-order valence-electron chi connectivity index (χ1n) is 8.05. The van der Waals surface area contributed by atoms with E-state index in [4.69, 9.17) is 0 Å². The van der Waals surface area contributed by atoms with Crippen LogP contribution in [0.5, 0.6) is 0 Å². The summed E-state index contributed by atoms with van der Waals surface area (Å²) in [5, 5.41) is 19.6. The molecule has 1 amide bonds. The summed E-state index contributed by atoms with van der Waals surface area (Å²) in [7, 11) is 0. The molecule has 3 atom stereocenters. The molecule has 0 bridgehead atoms. The van der Waals surface area contributed by atoms with Crippen molar-refractivity contribution < 1.29 is 9.90 Å². The molecule has 0 aromatic carbocycles. The molecule has 4 heteroatoms. The van der Waals surface area contributed by atoms with Crippen LogP contribution in [0.4, 0.5) is 0 Å². The number of nitrogens with zero attached hydrogens (tertiary/aromatic N) is 2. The fourth-order valence-corrected chi connectivity index (χ4v) is 4.41. The van der Waals surface area contributed by atoms with E-state index in [-0.39, 0.29) is 17.9 Å². The van der Waals surface area contributed by atoms with E-state index in [1.165, 1.54) is 0 Å². The second-order valence-electron chi connectivity index (χ2n) is 6.89. The standard InChI is InChI=1S/C16H24N2O2/c17-11-16(7-3-1-2-4-8-16)15(20)18-9-12-5-6-14(19)13(12)10-18/h12-14,19H,1-10H2. The number of aliphatic hydroxyl groups excluding tert-OH is 1. The van der Waals surface area contributed by atoms with Gasteiger partial charge in [-0.1, -0.05) is 25.7 Å². The zero-order valence-electron chi connectivity index (χ0n) is 12.1. The molecule has 2 saturated carbocycles. The molecule has 0 aromatic rings. The second-order valence-corrected chi connectivity index (χ2v) is 6.89. The van der Waals surface area contributed by atoms with Crippen LogP contribution in [0.15, 0.2) is 0 Å². The molecule has 0 radical (unpaired) electrons. The second kappa shape index (κ2) is 5.37. The predicted octanol–water partition coefficient (Wildman–Crippen LogP) is 2.08. The van der Waals surface area contributed by atoms with Crippen molar-refractivity contribution in [1.82, 2.24) is 4.90 Å². The summed E-state index contributed by atoms with van der Waals surface area (Å²) in [5.41, 5.74) is -0.778. The van der Waals surface area contributed by atoms with Gasteiger partial charge in [-0.25, -0.2) is 0 Å². The third-order valence-electron chi connectivity index (χ3n) is 5.69. The van der Waals surface area contributed by atoms with Gasteiger partial charge in [0.2, 0.25) is 5.91 Å². The summed E-state index contributed by atoms with van der Waals surface area (Å²) < 4.78 is 0. The molecule has 3 aliphatic rings. The largest absolute Gasteiger partial charge is 0.393 e. The van der Waals surface area contributed by atoms with Crippen LogP contribution in [0, 0.1) is 28.6 Å². The summed E-state index contributed by atoms with van der Waals surface area (Å²) >= 11 is 0. The fraction of sp³-hybridized carbons (Fsp3) is 0.875. The number of fused-ring (bicyclic) bond motifs is 1. The number of likely N-dealkylation sites (tertiary alicyclic amines) is 1. The zero-order valence-corrected chi connectivity index (χ0v) is 12.1. The van der Waals surface area contributed by atoms with Crippen molar-refractivity contribution in [2.75, 3.05) is 13.1 Å². The van der Waals surface area contributed by atoms with Crippen LogP contribution in [-0.2, 0) is 4.79 Å². The molecule has 1 saturated heterocycles. The molecule has 2 aliphatic carbocycles. The molecule has 1 heterocycles. The first kappa shape index (κ1) is 13.9. The van der Waals surface area contributed by atoms with Crippen molar-refractivity contribution in [3.8, 4) is 6.07 Å². The Kier molecular flexibility index (Phi) is 3.72. The average Bonchev–Trinajstić information content (AvgIpc) is 2.92. The maximum Gasteiger partial charge on any atom is 0.243 e. The van der Waals surface area contributed by atoms with E-state index in [0.29, 0.717) is 12.5 Å². The number of hydrogen-bond donors (Lipinski definition) is 1. The molecule has 1 aliphatic heterocycles.